The number of imidazole rings is 1. The maximum Gasteiger partial charge on any atom is 0.223 e. The summed E-state index contributed by atoms with van der Waals surface area (Å²) in [7, 11) is 1.70. The number of benzene rings is 3. The highest BCUT2D eigenvalue weighted by atomic mass is 16.5. The molecule has 1 aliphatic rings. The van der Waals surface area contributed by atoms with Crippen LogP contribution in [0.1, 0.15) is 29.3 Å². The zero-order chi connectivity index (χ0) is 21.2. The highest BCUT2D eigenvalue weighted by Gasteiger charge is 2.34. The zero-order valence-corrected chi connectivity index (χ0v) is 17.6. The molecule has 0 radical (unpaired) electrons. The van der Waals surface area contributed by atoms with Crippen molar-refractivity contribution in [3.05, 3.63) is 95.8 Å². The summed E-state index contributed by atoms with van der Waals surface area (Å²) in [5.74, 6) is 2.08. The molecule has 1 aliphatic heterocycles. The van der Waals surface area contributed by atoms with Crippen LogP contribution in [0, 0.1) is 0 Å². The van der Waals surface area contributed by atoms with E-state index in [-0.39, 0.29) is 11.8 Å². The first-order valence-corrected chi connectivity index (χ1v) is 10.6. The minimum atomic E-state index is 0.0679. The smallest absolute Gasteiger partial charge is 0.223 e. The lowest BCUT2D eigenvalue weighted by atomic mass is 10.1. The Balaban J connectivity index is 1.48. The second-order valence-electron chi connectivity index (χ2n) is 8.02. The number of likely N-dealkylation sites (tertiary alicyclic amines) is 1. The summed E-state index contributed by atoms with van der Waals surface area (Å²) in [4.78, 5) is 19.7. The molecule has 1 aromatic heterocycles. The van der Waals surface area contributed by atoms with Crippen LogP contribution in [0.15, 0.2) is 78.9 Å². The van der Waals surface area contributed by atoms with Gasteiger partial charge in [0, 0.05) is 31.0 Å². The van der Waals surface area contributed by atoms with Gasteiger partial charge in [0.15, 0.2) is 0 Å². The highest BCUT2D eigenvalue weighted by molar-refractivity contribution is 5.81. The van der Waals surface area contributed by atoms with Crippen LogP contribution in [0.5, 0.6) is 5.75 Å². The number of para-hydroxylation sites is 3. The number of hydrogen-bond acceptors (Lipinski definition) is 3. The molecule has 0 unspecified atom stereocenters. The fraction of sp³-hybridized carbons (Fsp3) is 0.231. The molecule has 0 bridgehead atoms. The van der Waals surface area contributed by atoms with Crippen molar-refractivity contribution in [1.29, 1.82) is 0 Å². The van der Waals surface area contributed by atoms with Crippen molar-refractivity contribution in [3.8, 4) is 5.75 Å². The van der Waals surface area contributed by atoms with E-state index in [1.807, 2.05) is 59.5 Å². The van der Waals surface area contributed by atoms with E-state index in [0.29, 0.717) is 26.1 Å². The highest BCUT2D eigenvalue weighted by Crippen LogP contribution is 2.32. The van der Waals surface area contributed by atoms with Crippen molar-refractivity contribution in [3.63, 3.8) is 0 Å². The second-order valence-corrected chi connectivity index (χ2v) is 8.02. The topological polar surface area (TPSA) is 47.4 Å². The number of carbonyl (C=O) groups is 1. The Kier molecular flexibility index (Phi) is 5.16. The first-order valence-electron chi connectivity index (χ1n) is 10.6. The molecule has 5 rings (SSSR count). The summed E-state index contributed by atoms with van der Waals surface area (Å²) < 4.78 is 7.82. The van der Waals surface area contributed by atoms with Crippen LogP contribution in [0.25, 0.3) is 11.0 Å². The maximum atomic E-state index is 12.8. The van der Waals surface area contributed by atoms with Crippen molar-refractivity contribution in [2.24, 2.45) is 0 Å². The molecule has 1 amide bonds. The summed E-state index contributed by atoms with van der Waals surface area (Å²) in [5, 5.41) is 0. The molecule has 0 saturated carbocycles. The monoisotopic (exact) mass is 411 g/mol. The standard InChI is InChI=1S/C26H25N3O2/c1-31-24-14-8-5-11-20(24)18-29-23-13-7-6-12-22(23)27-26(29)21-15-25(30)28(17-21)16-19-9-3-2-4-10-19/h2-14,21H,15-18H2,1H3/t21-/m0/s1. The van der Waals surface area contributed by atoms with Crippen molar-refractivity contribution < 1.29 is 9.53 Å². The Hall–Kier alpha value is -3.60. The summed E-state index contributed by atoms with van der Waals surface area (Å²) in [5.41, 5.74) is 4.29. The van der Waals surface area contributed by atoms with E-state index in [1.165, 1.54) is 0 Å². The van der Waals surface area contributed by atoms with Crippen LogP contribution in [0.3, 0.4) is 0 Å². The molecule has 0 spiro atoms. The van der Waals surface area contributed by atoms with Gasteiger partial charge in [0.1, 0.15) is 11.6 Å². The minimum Gasteiger partial charge on any atom is -0.496 e. The van der Waals surface area contributed by atoms with E-state index in [0.717, 1.165) is 33.7 Å². The average Bonchev–Trinajstić information content (AvgIpc) is 3.35. The first kappa shape index (κ1) is 19.4. The predicted octanol–water partition coefficient (Wildman–Crippen LogP) is 4.61. The van der Waals surface area contributed by atoms with Gasteiger partial charge in [0.05, 0.1) is 24.7 Å². The van der Waals surface area contributed by atoms with E-state index < -0.39 is 0 Å². The number of nitrogens with zero attached hydrogens (tertiary/aromatic N) is 3. The van der Waals surface area contributed by atoms with Gasteiger partial charge in [-0.05, 0) is 23.8 Å². The third-order valence-electron chi connectivity index (χ3n) is 6.00. The molecule has 1 saturated heterocycles. The molecular formula is C26H25N3O2. The minimum absolute atomic E-state index is 0.0679. The number of hydrogen-bond donors (Lipinski definition) is 0. The number of fused-ring (bicyclic) bond motifs is 1. The Morgan fingerprint density at radius 1 is 0.935 bits per heavy atom. The Morgan fingerprint density at radius 2 is 1.68 bits per heavy atom. The molecule has 4 aromatic rings. The van der Waals surface area contributed by atoms with Gasteiger partial charge in [0.25, 0.3) is 0 Å². The Morgan fingerprint density at radius 3 is 2.52 bits per heavy atom. The van der Waals surface area contributed by atoms with Crippen LogP contribution >= 0.6 is 0 Å². The molecule has 0 aliphatic carbocycles. The fourth-order valence-electron chi connectivity index (χ4n) is 4.48. The van der Waals surface area contributed by atoms with Gasteiger partial charge in [-0.25, -0.2) is 4.98 Å². The van der Waals surface area contributed by atoms with Crippen LogP contribution < -0.4 is 4.74 Å². The van der Waals surface area contributed by atoms with Gasteiger partial charge >= 0.3 is 0 Å². The molecular weight excluding hydrogens is 386 g/mol. The van der Waals surface area contributed by atoms with E-state index in [4.69, 9.17) is 9.72 Å². The van der Waals surface area contributed by atoms with E-state index in [1.54, 1.807) is 7.11 Å². The number of methoxy groups -OCH3 is 1. The molecule has 2 heterocycles. The number of rotatable bonds is 6. The number of amides is 1. The van der Waals surface area contributed by atoms with Gasteiger partial charge in [-0.3, -0.25) is 4.79 Å². The van der Waals surface area contributed by atoms with Crippen LogP contribution in [-0.4, -0.2) is 34.0 Å². The summed E-state index contributed by atoms with van der Waals surface area (Å²) in [6.07, 6.45) is 0.488. The molecule has 156 valence electrons. The van der Waals surface area contributed by atoms with Crippen LogP contribution in [0.2, 0.25) is 0 Å². The third-order valence-corrected chi connectivity index (χ3v) is 6.00. The van der Waals surface area contributed by atoms with Gasteiger partial charge in [-0.2, -0.15) is 0 Å². The van der Waals surface area contributed by atoms with Gasteiger partial charge in [-0.1, -0.05) is 60.7 Å². The predicted molar refractivity (Wildman–Crippen MR) is 121 cm³/mol. The molecule has 0 N–H and O–H groups in total. The normalized spacial score (nSPS) is 16.2. The first-order chi connectivity index (χ1) is 15.2. The number of aromatic nitrogens is 2. The van der Waals surface area contributed by atoms with Crippen molar-refractivity contribution in [1.82, 2.24) is 14.5 Å². The third kappa shape index (κ3) is 3.79. The van der Waals surface area contributed by atoms with E-state index >= 15 is 0 Å². The van der Waals surface area contributed by atoms with Crippen molar-refractivity contribution in [2.75, 3.05) is 13.7 Å². The Bertz CT molecular complexity index is 1220. The molecule has 1 atom stereocenters. The second kappa shape index (κ2) is 8.26. The van der Waals surface area contributed by atoms with E-state index in [9.17, 15) is 4.79 Å². The number of ether oxygens (including phenoxy) is 1. The van der Waals surface area contributed by atoms with Crippen molar-refractivity contribution >= 4 is 16.9 Å². The SMILES string of the molecule is COc1ccccc1Cn1c([C@H]2CC(=O)N(Cc3ccccc3)C2)nc2ccccc21. The van der Waals surface area contributed by atoms with E-state index in [2.05, 4.69) is 28.8 Å². The Labute approximate surface area is 181 Å². The van der Waals surface area contributed by atoms with Crippen molar-refractivity contribution in [2.45, 2.75) is 25.4 Å². The summed E-state index contributed by atoms with van der Waals surface area (Å²) >= 11 is 0. The summed E-state index contributed by atoms with van der Waals surface area (Å²) in [6.45, 7) is 1.98. The van der Waals surface area contributed by atoms with Gasteiger partial charge in [0.2, 0.25) is 5.91 Å². The molecule has 1 fully saturated rings. The average molecular weight is 412 g/mol. The fourth-order valence-corrected chi connectivity index (χ4v) is 4.48. The zero-order valence-electron chi connectivity index (χ0n) is 17.6. The van der Waals surface area contributed by atoms with Crippen LogP contribution in [0.4, 0.5) is 0 Å². The number of carbonyl (C=O) groups excluding carboxylic acids is 1. The molecule has 3 aromatic carbocycles. The molecule has 5 nitrogen and oxygen atoms in total. The summed E-state index contributed by atoms with van der Waals surface area (Å²) in [6, 6.07) is 26.4. The molecule has 31 heavy (non-hydrogen) atoms. The van der Waals surface area contributed by atoms with Gasteiger partial charge in [-0.15, -0.1) is 0 Å². The molecule has 5 heteroatoms. The lowest BCUT2D eigenvalue weighted by Gasteiger charge is -2.18. The largest absolute Gasteiger partial charge is 0.496 e. The maximum absolute atomic E-state index is 12.8. The lowest BCUT2D eigenvalue weighted by molar-refractivity contribution is -0.128. The quantitative estimate of drug-likeness (QED) is 0.466. The lowest BCUT2D eigenvalue weighted by Crippen LogP contribution is -2.24. The van der Waals surface area contributed by atoms with Crippen LogP contribution in [-0.2, 0) is 17.9 Å². The van der Waals surface area contributed by atoms with Gasteiger partial charge < -0.3 is 14.2 Å².